The summed E-state index contributed by atoms with van der Waals surface area (Å²) in [5, 5.41) is 117. The Morgan fingerprint density at radius 3 is 1.98 bits per heavy atom. The number of hydrogen-bond acceptors (Lipinski definition) is 17. The topological polar surface area (TPSA) is 286 Å². The largest absolute Gasteiger partial charge is 0.432 e. The Morgan fingerprint density at radius 1 is 0.692 bits per heavy atom. The summed E-state index contributed by atoms with van der Waals surface area (Å²) < 4.78 is 30.4. The van der Waals surface area contributed by atoms with Crippen LogP contribution in [0.15, 0.2) is 11.6 Å². The number of hydrogen-bond donors (Lipinski definition) is 11. The third-order valence-corrected chi connectivity index (χ3v) is 19.6. The van der Waals surface area contributed by atoms with Gasteiger partial charge in [0.15, 0.2) is 6.29 Å². The Kier molecular flexibility index (Phi) is 13.7. The first-order valence-corrected chi connectivity index (χ1v) is 24.2. The number of rotatable bonds is 9. The third kappa shape index (κ3) is 7.81. The van der Waals surface area contributed by atoms with Crippen LogP contribution in [0, 0.1) is 56.2 Å². The first-order chi connectivity index (χ1) is 30.5. The first kappa shape index (κ1) is 50.0. The number of aliphatic hydroxyl groups excluding tert-OH is 11. The number of carbonyl (C=O) groups is 1. The number of esters is 1. The zero-order valence-electron chi connectivity index (χ0n) is 38.9. The van der Waals surface area contributed by atoms with Crippen LogP contribution in [-0.4, -0.2) is 174 Å². The summed E-state index contributed by atoms with van der Waals surface area (Å²) in [6.07, 6.45) is -9.38. The Labute approximate surface area is 382 Å². The van der Waals surface area contributed by atoms with E-state index in [2.05, 4.69) is 47.6 Å². The Morgan fingerprint density at radius 2 is 1.32 bits per heavy atom. The quantitative estimate of drug-likeness (QED) is 0.0849. The average molecular weight is 927 g/mol. The van der Waals surface area contributed by atoms with E-state index in [9.17, 15) is 61.0 Å². The fourth-order valence-corrected chi connectivity index (χ4v) is 15.3. The molecule has 17 heteroatoms. The molecule has 5 aliphatic carbocycles. The van der Waals surface area contributed by atoms with Gasteiger partial charge in [-0.1, -0.05) is 53.2 Å². The molecule has 372 valence electrons. The van der Waals surface area contributed by atoms with Crippen LogP contribution >= 0.6 is 0 Å². The lowest BCUT2D eigenvalue weighted by molar-refractivity contribution is -0.310. The van der Waals surface area contributed by atoms with Crippen molar-refractivity contribution in [2.45, 2.75) is 198 Å². The SMILES string of the molecule is CC1(C)CCC2(C(=O)OC3OC(CO)C(O)C(O)C3O)CCC3(C)C(=CCC4C5(C)CCC(OC6OCC(O)C(O)C6CC6OC(CO)C(O)C(O)C6O)C(C)(CO)C5CCC43C)C2C1. The molecule has 23 atom stereocenters. The van der Waals surface area contributed by atoms with Crippen molar-refractivity contribution in [3.63, 3.8) is 0 Å². The van der Waals surface area contributed by atoms with Crippen molar-refractivity contribution in [3.05, 3.63) is 11.6 Å². The van der Waals surface area contributed by atoms with Crippen molar-refractivity contribution in [2.24, 2.45) is 56.2 Å². The van der Waals surface area contributed by atoms with Crippen molar-refractivity contribution in [1.29, 1.82) is 0 Å². The minimum absolute atomic E-state index is 0.0168. The van der Waals surface area contributed by atoms with E-state index in [-0.39, 0.29) is 59.0 Å². The Hall–Kier alpha value is -1.39. The van der Waals surface area contributed by atoms with Crippen LogP contribution in [0.2, 0.25) is 0 Å². The number of aliphatic hydroxyl groups is 11. The van der Waals surface area contributed by atoms with E-state index in [1.165, 1.54) is 5.57 Å². The average Bonchev–Trinajstić information content (AvgIpc) is 3.27. The van der Waals surface area contributed by atoms with E-state index < -0.39 is 122 Å². The molecule has 0 spiro atoms. The highest BCUT2D eigenvalue weighted by molar-refractivity contribution is 5.79. The van der Waals surface area contributed by atoms with Crippen molar-refractivity contribution < 1.29 is 84.7 Å². The van der Waals surface area contributed by atoms with Crippen molar-refractivity contribution in [3.8, 4) is 0 Å². The van der Waals surface area contributed by atoms with E-state index in [1.54, 1.807) is 0 Å². The van der Waals surface area contributed by atoms with Crippen LogP contribution in [0.25, 0.3) is 0 Å². The molecule has 4 saturated carbocycles. The highest BCUT2D eigenvalue weighted by Crippen LogP contribution is 2.76. The lowest BCUT2D eigenvalue weighted by atomic mass is 9.33. The molecular weight excluding hydrogens is 849 g/mol. The lowest BCUT2D eigenvalue weighted by Gasteiger charge is -2.71. The first-order valence-electron chi connectivity index (χ1n) is 24.2. The summed E-state index contributed by atoms with van der Waals surface area (Å²) in [6.45, 7) is 12.1. The lowest BCUT2D eigenvalue weighted by Crippen LogP contribution is -2.67. The molecule has 8 aliphatic rings. The second-order valence-corrected chi connectivity index (χ2v) is 23.3. The van der Waals surface area contributed by atoms with Crippen molar-refractivity contribution >= 4 is 5.97 Å². The van der Waals surface area contributed by atoms with E-state index in [0.717, 1.165) is 44.9 Å². The highest BCUT2D eigenvalue weighted by Gasteiger charge is 2.70. The van der Waals surface area contributed by atoms with Gasteiger partial charge in [-0.15, -0.1) is 0 Å². The summed E-state index contributed by atoms with van der Waals surface area (Å²) in [7, 11) is 0. The third-order valence-electron chi connectivity index (χ3n) is 19.6. The number of ether oxygens (including phenoxy) is 5. The molecule has 11 N–H and O–H groups in total. The fourth-order valence-electron chi connectivity index (χ4n) is 15.3. The molecule has 23 unspecified atom stereocenters. The smallest absolute Gasteiger partial charge is 0.315 e. The molecule has 0 aromatic carbocycles. The molecule has 0 bridgehead atoms. The summed E-state index contributed by atoms with van der Waals surface area (Å²) in [5.41, 5.74) is -1.17. The fraction of sp³-hybridized carbons (Fsp3) is 0.938. The summed E-state index contributed by atoms with van der Waals surface area (Å²) in [6, 6.07) is 0. The normalized spacial score (nSPS) is 54.3. The molecule has 8 rings (SSSR count). The molecule has 17 nitrogen and oxygen atoms in total. The number of carbonyl (C=O) groups excluding carboxylic acids is 1. The second kappa shape index (κ2) is 17.8. The predicted molar refractivity (Wildman–Crippen MR) is 229 cm³/mol. The van der Waals surface area contributed by atoms with Gasteiger partial charge >= 0.3 is 5.97 Å². The molecule has 65 heavy (non-hydrogen) atoms. The van der Waals surface area contributed by atoms with Crippen LogP contribution in [0.5, 0.6) is 0 Å². The zero-order valence-corrected chi connectivity index (χ0v) is 38.9. The van der Waals surface area contributed by atoms with Gasteiger partial charge in [-0.05, 0) is 110 Å². The Balaban J connectivity index is 1.04. The van der Waals surface area contributed by atoms with Crippen molar-refractivity contribution in [1.82, 2.24) is 0 Å². The van der Waals surface area contributed by atoms with Gasteiger partial charge in [0, 0.05) is 11.3 Å². The van der Waals surface area contributed by atoms with E-state index in [1.807, 2.05) is 0 Å². The molecule has 7 fully saturated rings. The minimum Gasteiger partial charge on any atom is -0.432 e. The van der Waals surface area contributed by atoms with Gasteiger partial charge in [0.1, 0.15) is 54.9 Å². The van der Waals surface area contributed by atoms with Gasteiger partial charge in [-0.25, -0.2) is 0 Å². The minimum atomic E-state index is -1.69. The van der Waals surface area contributed by atoms with E-state index in [4.69, 9.17) is 23.7 Å². The number of fused-ring (bicyclic) bond motifs is 7. The van der Waals surface area contributed by atoms with Crippen LogP contribution < -0.4 is 0 Å². The maximum Gasteiger partial charge on any atom is 0.315 e. The molecule has 3 heterocycles. The highest BCUT2D eigenvalue weighted by atomic mass is 16.7. The zero-order chi connectivity index (χ0) is 47.4. The summed E-state index contributed by atoms with van der Waals surface area (Å²) in [4.78, 5) is 14.7. The van der Waals surface area contributed by atoms with Crippen LogP contribution in [-0.2, 0) is 28.5 Å². The van der Waals surface area contributed by atoms with Crippen LogP contribution in [0.4, 0.5) is 0 Å². The van der Waals surface area contributed by atoms with Gasteiger partial charge < -0.3 is 79.9 Å². The van der Waals surface area contributed by atoms with Crippen molar-refractivity contribution in [2.75, 3.05) is 26.4 Å². The van der Waals surface area contributed by atoms with Gasteiger partial charge in [-0.2, -0.15) is 0 Å². The molecule has 0 amide bonds. The molecule has 0 radical (unpaired) electrons. The molecule has 3 aliphatic heterocycles. The van der Waals surface area contributed by atoms with Crippen LogP contribution in [0.1, 0.15) is 112 Å². The summed E-state index contributed by atoms with van der Waals surface area (Å²) >= 11 is 0. The monoisotopic (exact) mass is 927 g/mol. The maximum absolute atomic E-state index is 14.7. The predicted octanol–water partition coefficient (Wildman–Crippen LogP) is 0.416. The van der Waals surface area contributed by atoms with Gasteiger partial charge in [-0.3, -0.25) is 4.79 Å². The Bertz CT molecular complexity index is 1760. The summed E-state index contributed by atoms with van der Waals surface area (Å²) in [5.74, 6) is -1.35. The molecule has 0 aromatic heterocycles. The maximum atomic E-state index is 14.7. The molecule has 0 aromatic rings. The standard InChI is InChI=1S/C48H78O17/c1-43(2)13-15-48(42(60)65-41-39(59)38(58)36(56)29(20-50)63-41)16-14-46(5)24(25(48)18-43)7-8-31-44(3)11-10-32(45(4,22-51)30(44)9-12-47(31,46)6)64-40-23(33(53)26(52)21-61-40)17-27-34(54)37(57)35(55)28(19-49)62-27/h7,23,25-41,49-59H,8-22H2,1-6H3. The van der Waals surface area contributed by atoms with E-state index >= 15 is 0 Å². The van der Waals surface area contributed by atoms with Gasteiger partial charge in [0.2, 0.25) is 6.29 Å². The molecular formula is C48H78O17. The van der Waals surface area contributed by atoms with E-state index in [0.29, 0.717) is 19.3 Å². The van der Waals surface area contributed by atoms with Crippen LogP contribution in [0.3, 0.4) is 0 Å². The second-order valence-electron chi connectivity index (χ2n) is 23.3. The molecule has 3 saturated heterocycles. The van der Waals surface area contributed by atoms with Gasteiger partial charge in [0.05, 0.1) is 50.2 Å². The van der Waals surface area contributed by atoms with Gasteiger partial charge in [0.25, 0.3) is 0 Å². The number of allylic oxidation sites excluding steroid dienone is 2.